The summed E-state index contributed by atoms with van der Waals surface area (Å²) in [5.74, 6) is 5.69. The third-order valence-electron chi connectivity index (χ3n) is 3.06. The Labute approximate surface area is 124 Å². The van der Waals surface area contributed by atoms with Gasteiger partial charge in [0.25, 0.3) is 0 Å². The Kier molecular flexibility index (Phi) is 6.04. The Hall–Kier alpha value is -0.170. The first-order chi connectivity index (χ1) is 8.38. The van der Waals surface area contributed by atoms with E-state index in [0.717, 1.165) is 6.42 Å². The van der Waals surface area contributed by atoms with Gasteiger partial charge in [-0.1, -0.05) is 32.9 Å². The zero-order valence-electron chi connectivity index (χ0n) is 11.5. The highest BCUT2D eigenvalue weighted by atomic mass is 127. The van der Waals surface area contributed by atoms with Gasteiger partial charge in [-0.05, 0) is 52.1 Å². The zero-order valence-corrected chi connectivity index (χ0v) is 13.7. The van der Waals surface area contributed by atoms with Gasteiger partial charge in [0, 0.05) is 10.7 Å². The lowest BCUT2D eigenvalue weighted by molar-refractivity contribution is -0.0110. The van der Waals surface area contributed by atoms with E-state index < -0.39 is 0 Å². The molecule has 0 bridgehead atoms. The van der Waals surface area contributed by atoms with Crippen molar-refractivity contribution in [2.24, 2.45) is 11.3 Å². The van der Waals surface area contributed by atoms with Gasteiger partial charge in [0.1, 0.15) is 0 Å². The van der Waals surface area contributed by atoms with Gasteiger partial charge in [-0.15, -0.1) is 0 Å². The molecule has 0 saturated heterocycles. The van der Waals surface area contributed by atoms with Gasteiger partial charge in [-0.25, -0.2) is 0 Å². The lowest BCUT2D eigenvalue weighted by Gasteiger charge is -2.35. The Balaban J connectivity index is 2.80. The first-order valence-corrected chi connectivity index (χ1v) is 7.19. The summed E-state index contributed by atoms with van der Waals surface area (Å²) in [5.41, 5.74) is 4.21. The van der Waals surface area contributed by atoms with Gasteiger partial charge in [-0.2, -0.15) is 0 Å². The molecule has 18 heavy (non-hydrogen) atoms. The van der Waals surface area contributed by atoms with Crippen LogP contribution in [0.15, 0.2) is 24.3 Å². The summed E-state index contributed by atoms with van der Waals surface area (Å²) in [4.78, 5) is 0. The molecule has 0 aromatic heterocycles. The second-order valence-electron chi connectivity index (χ2n) is 5.63. The summed E-state index contributed by atoms with van der Waals surface area (Å²) in [5, 5.41) is 0. The van der Waals surface area contributed by atoms with Crippen LogP contribution >= 0.6 is 22.6 Å². The highest BCUT2D eigenvalue weighted by Gasteiger charge is 2.31. The van der Waals surface area contributed by atoms with Crippen LogP contribution in [0.4, 0.5) is 0 Å². The Morgan fingerprint density at radius 1 is 1.28 bits per heavy atom. The number of benzene rings is 1. The molecule has 3 N–H and O–H groups in total. The summed E-state index contributed by atoms with van der Waals surface area (Å²) in [6, 6.07) is 8.61. The predicted molar refractivity (Wildman–Crippen MR) is 84.2 cm³/mol. The molecule has 3 nitrogen and oxygen atoms in total. The summed E-state index contributed by atoms with van der Waals surface area (Å²) < 4.78 is 6.86. The molecule has 102 valence electrons. The molecule has 0 aliphatic heterocycles. The summed E-state index contributed by atoms with van der Waals surface area (Å²) in [6.07, 6.45) is 0.935. The van der Waals surface area contributed by atoms with Crippen LogP contribution in [0.1, 0.15) is 26.3 Å². The van der Waals surface area contributed by atoms with E-state index in [0.29, 0.717) is 0 Å². The molecule has 0 radical (unpaired) electrons. The van der Waals surface area contributed by atoms with Gasteiger partial charge in [-0.3, -0.25) is 11.3 Å². The molecule has 0 aliphatic carbocycles. The molecular formula is C14H23IN2O. The lowest BCUT2D eigenvalue weighted by atomic mass is 9.82. The topological polar surface area (TPSA) is 47.3 Å². The fraction of sp³-hybridized carbons (Fsp3) is 0.571. The number of methoxy groups -OCH3 is 1. The third-order valence-corrected chi connectivity index (χ3v) is 3.78. The van der Waals surface area contributed by atoms with E-state index in [1.807, 2.05) is 0 Å². The third kappa shape index (κ3) is 4.50. The maximum atomic E-state index is 5.69. The van der Waals surface area contributed by atoms with E-state index in [1.165, 1.54) is 9.13 Å². The van der Waals surface area contributed by atoms with E-state index >= 15 is 0 Å². The van der Waals surface area contributed by atoms with Crippen molar-refractivity contribution in [1.82, 2.24) is 5.43 Å². The molecule has 0 aliphatic rings. The van der Waals surface area contributed by atoms with E-state index in [1.54, 1.807) is 7.11 Å². The van der Waals surface area contributed by atoms with Gasteiger partial charge >= 0.3 is 0 Å². The summed E-state index contributed by atoms with van der Waals surface area (Å²) >= 11 is 2.31. The lowest BCUT2D eigenvalue weighted by Crippen LogP contribution is -2.51. The fourth-order valence-corrected chi connectivity index (χ4v) is 2.61. The minimum atomic E-state index is 0.0506. The molecule has 2 atom stereocenters. The van der Waals surface area contributed by atoms with Gasteiger partial charge < -0.3 is 4.74 Å². The number of rotatable bonds is 5. The summed E-state index contributed by atoms with van der Waals surface area (Å²) in [6.45, 7) is 6.50. The maximum Gasteiger partial charge on any atom is 0.0789 e. The highest BCUT2D eigenvalue weighted by Crippen LogP contribution is 2.26. The van der Waals surface area contributed by atoms with E-state index in [4.69, 9.17) is 10.6 Å². The Bertz CT molecular complexity index is 359. The Morgan fingerprint density at radius 3 is 2.22 bits per heavy atom. The maximum absolute atomic E-state index is 5.69. The van der Waals surface area contributed by atoms with Crippen LogP contribution in [-0.2, 0) is 11.2 Å². The average Bonchev–Trinajstić information content (AvgIpc) is 2.29. The molecule has 0 amide bonds. The molecule has 0 spiro atoms. The van der Waals surface area contributed by atoms with Gasteiger partial charge in [0.2, 0.25) is 0 Å². The van der Waals surface area contributed by atoms with Crippen molar-refractivity contribution in [1.29, 1.82) is 0 Å². The van der Waals surface area contributed by atoms with Crippen LogP contribution in [0.5, 0.6) is 0 Å². The van der Waals surface area contributed by atoms with E-state index in [9.17, 15) is 0 Å². The quantitative estimate of drug-likeness (QED) is 0.481. The first-order valence-electron chi connectivity index (χ1n) is 6.12. The van der Waals surface area contributed by atoms with Crippen molar-refractivity contribution < 1.29 is 4.74 Å². The van der Waals surface area contributed by atoms with E-state index in [2.05, 4.69) is 73.1 Å². The van der Waals surface area contributed by atoms with Crippen LogP contribution in [0.3, 0.4) is 0 Å². The smallest absolute Gasteiger partial charge is 0.0789 e. The molecule has 4 heteroatoms. The second-order valence-corrected chi connectivity index (χ2v) is 6.87. The molecule has 1 rings (SSSR count). The van der Waals surface area contributed by atoms with Crippen molar-refractivity contribution in [2.75, 3.05) is 7.11 Å². The van der Waals surface area contributed by atoms with Crippen LogP contribution in [-0.4, -0.2) is 19.3 Å². The molecule has 0 heterocycles. The molecule has 1 aromatic carbocycles. The normalized spacial score (nSPS) is 15.4. The number of halogens is 1. The minimum Gasteiger partial charge on any atom is -0.379 e. The molecule has 0 fully saturated rings. The molecule has 0 saturated carbocycles. The first kappa shape index (κ1) is 15.9. The average molecular weight is 362 g/mol. The van der Waals surface area contributed by atoms with Crippen molar-refractivity contribution >= 4 is 22.6 Å². The number of hydrogen-bond acceptors (Lipinski definition) is 3. The highest BCUT2D eigenvalue weighted by molar-refractivity contribution is 14.1. The molecule has 1 aromatic rings. The van der Waals surface area contributed by atoms with Crippen molar-refractivity contribution in [3.8, 4) is 0 Å². The number of ether oxygens (including phenoxy) is 1. The van der Waals surface area contributed by atoms with Crippen molar-refractivity contribution in [3.63, 3.8) is 0 Å². The van der Waals surface area contributed by atoms with Crippen LogP contribution in [0, 0.1) is 8.99 Å². The Morgan fingerprint density at radius 2 is 1.83 bits per heavy atom. The second kappa shape index (κ2) is 6.84. The van der Waals surface area contributed by atoms with Crippen molar-refractivity contribution in [3.05, 3.63) is 33.4 Å². The fourth-order valence-electron chi connectivity index (χ4n) is 2.25. The van der Waals surface area contributed by atoms with Crippen LogP contribution in [0.25, 0.3) is 0 Å². The predicted octanol–water partition coefficient (Wildman–Crippen LogP) is 2.73. The van der Waals surface area contributed by atoms with Gasteiger partial charge in [0.05, 0.1) is 12.1 Å². The molecular weight excluding hydrogens is 339 g/mol. The number of hydrazine groups is 1. The summed E-state index contributed by atoms with van der Waals surface area (Å²) in [7, 11) is 1.74. The van der Waals surface area contributed by atoms with Crippen molar-refractivity contribution in [2.45, 2.75) is 39.3 Å². The minimum absolute atomic E-state index is 0.0506. The largest absolute Gasteiger partial charge is 0.379 e. The van der Waals surface area contributed by atoms with Crippen LogP contribution in [0.2, 0.25) is 0 Å². The number of nitrogens with two attached hydrogens (primary N) is 1. The zero-order chi connectivity index (χ0) is 13.8. The molecule has 2 unspecified atom stereocenters. The number of nitrogens with one attached hydrogen (secondary N) is 1. The van der Waals surface area contributed by atoms with Gasteiger partial charge in [0.15, 0.2) is 0 Å². The monoisotopic (exact) mass is 362 g/mol. The standard InChI is InChI=1S/C14H23IN2O/c1-14(2,3)13(18-4)12(17-16)9-10-5-7-11(15)8-6-10/h5-8,12-13,17H,9,16H2,1-4H3. The van der Waals surface area contributed by atoms with Crippen LogP contribution < -0.4 is 11.3 Å². The SMILES string of the molecule is COC(C(Cc1ccc(I)cc1)NN)C(C)(C)C. The number of hydrogen-bond donors (Lipinski definition) is 2. The van der Waals surface area contributed by atoms with E-state index in [-0.39, 0.29) is 17.6 Å².